The second-order valence-electron chi connectivity index (χ2n) is 9.71. The van der Waals surface area contributed by atoms with Crippen molar-refractivity contribution in [1.82, 2.24) is 20.5 Å². The van der Waals surface area contributed by atoms with E-state index in [1.165, 1.54) is 0 Å². The molecule has 4 heterocycles. The normalized spacial score (nSPS) is 22.0. The summed E-state index contributed by atoms with van der Waals surface area (Å²) >= 11 is 1.91. The monoisotopic (exact) mass is 662 g/mol. The first-order valence-electron chi connectivity index (χ1n) is 13.1. The van der Waals surface area contributed by atoms with Crippen molar-refractivity contribution >= 4 is 46.3 Å². The van der Waals surface area contributed by atoms with Gasteiger partial charge < -0.3 is 25.5 Å². The molecular formula is C29H30N5O5RuS-. The number of nitrogens with one attached hydrogen (secondary N) is 2. The minimum Gasteiger partial charge on any atom is -0.477 e. The number of unbranched alkanes of at least 4 members (excludes halogenated alkanes) is 1. The van der Waals surface area contributed by atoms with E-state index in [0.717, 1.165) is 36.1 Å². The van der Waals surface area contributed by atoms with Crippen LogP contribution in [0, 0.1) is 30.7 Å². The van der Waals surface area contributed by atoms with Crippen LogP contribution < -0.4 is 15.5 Å². The standard InChI is InChI=1S/C24H29N5O4S.C5.HO.Ru/c30-21(8-4-3-7-20-22-18(14-34-20)26-24(33)27-22)29-11-9-28(10-12-29)19-13-17(23(31)32)25-16-6-2-1-5-15(16)19;1-2-4-5-3-1;;/h1-2,5-6,13,18,20,22H,3-4,7-12,14H2,(H,31,32)(H2,26,27,33);;1H;/q;-1;;/t18-,20-,22-;;;/m0.../s1. The minimum absolute atomic E-state index is 0. The fraction of sp³-hybridized carbons (Fsp3) is 0.414. The van der Waals surface area contributed by atoms with Gasteiger partial charge in [-0.3, -0.25) is 10.3 Å². The van der Waals surface area contributed by atoms with Gasteiger partial charge in [-0.1, -0.05) is 24.6 Å². The Kier molecular flexibility index (Phi) is 12.1. The van der Waals surface area contributed by atoms with Gasteiger partial charge in [0.15, 0.2) is 5.69 Å². The van der Waals surface area contributed by atoms with Crippen molar-refractivity contribution in [2.45, 2.75) is 43.0 Å². The summed E-state index contributed by atoms with van der Waals surface area (Å²) in [5.74, 6) is 0.0926. The van der Waals surface area contributed by atoms with Gasteiger partial charge in [0.1, 0.15) is 0 Å². The van der Waals surface area contributed by atoms with E-state index < -0.39 is 5.97 Å². The van der Waals surface area contributed by atoms with Crippen molar-refractivity contribution in [3.63, 3.8) is 0 Å². The molecule has 3 amide bonds. The van der Waals surface area contributed by atoms with E-state index in [0.29, 0.717) is 43.4 Å². The summed E-state index contributed by atoms with van der Waals surface area (Å²) in [5, 5.41) is 16.8. The largest absolute Gasteiger partial charge is 0.477 e. The van der Waals surface area contributed by atoms with Crippen molar-refractivity contribution in [1.29, 1.82) is 0 Å². The predicted octanol–water partition coefficient (Wildman–Crippen LogP) is 2.53. The number of benzene rings is 1. The van der Waals surface area contributed by atoms with Crippen LogP contribution in [0.15, 0.2) is 30.3 Å². The smallest absolute Gasteiger partial charge is 0.354 e. The third-order valence-electron chi connectivity index (χ3n) is 7.27. The summed E-state index contributed by atoms with van der Waals surface area (Å²) < 4.78 is 0. The zero-order chi connectivity index (χ0) is 27.2. The number of amides is 3. The van der Waals surface area contributed by atoms with E-state index >= 15 is 0 Å². The summed E-state index contributed by atoms with van der Waals surface area (Å²) in [5.41, 5.74) is 1.55. The Morgan fingerprint density at radius 2 is 1.83 bits per heavy atom. The van der Waals surface area contributed by atoms with Crippen LogP contribution >= 0.6 is 11.8 Å². The number of urea groups is 1. The topological polar surface area (TPSA) is 145 Å². The number of hydrogen-bond acceptors (Lipinski definition) is 6. The van der Waals surface area contributed by atoms with Crippen molar-refractivity contribution in [3.8, 4) is 0 Å². The number of allylic oxidation sites excluding steroid dienone is 4. The molecule has 4 N–H and O–H groups in total. The van der Waals surface area contributed by atoms with Gasteiger partial charge in [0.2, 0.25) is 5.91 Å². The number of hydrogen-bond donors (Lipinski definition) is 4. The zero-order valence-corrected chi connectivity index (χ0v) is 24.8. The molecule has 4 aliphatic rings. The number of carbonyl (C=O) groups excluding carboxylic acids is 2. The van der Waals surface area contributed by atoms with Crippen LogP contribution in [0.3, 0.4) is 0 Å². The van der Waals surface area contributed by atoms with E-state index in [-0.39, 0.29) is 54.7 Å². The maximum absolute atomic E-state index is 12.8. The van der Waals surface area contributed by atoms with Crippen molar-refractivity contribution < 1.29 is 44.4 Å². The van der Waals surface area contributed by atoms with Gasteiger partial charge in [-0.15, -0.1) is 0 Å². The molecule has 3 fully saturated rings. The number of para-hydroxylation sites is 1. The molecule has 0 bridgehead atoms. The molecule has 0 unspecified atom stereocenters. The quantitative estimate of drug-likeness (QED) is 0.155. The van der Waals surface area contributed by atoms with Crippen molar-refractivity contribution in [3.05, 3.63) is 66.8 Å². The molecule has 3 atom stereocenters. The van der Waals surface area contributed by atoms with E-state index in [1.54, 1.807) is 6.07 Å². The van der Waals surface area contributed by atoms with Crippen LogP contribution in [0.25, 0.3) is 10.9 Å². The first-order valence-corrected chi connectivity index (χ1v) is 14.1. The molecule has 6 radical (unpaired) electrons. The molecule has 3 aliphatic heterocycles. The second kappa shape index (κ2) is 15.2. The van der Waals surface area contributed by atoms with Gasteiger partial charge in [0.05, 0.1) is 17.6 Å². The van der Waals surface area contributed by atoms with Gasteiger partial charge in [-0.2, -0.15) is 30.3 Å². The molecule has 2 aromatic rings. The average molecular weight is 662 g/mol. The zero-order valence-electron chi connectivity index (χ0n) is 22.2. The Bertz CT molecular complexity index is 1270. The van der Waals surface area contributed by atoms with E-state index in [4.69, 9.17) is 0 Å². The number of fused-ring (bicyclic) bond motifs is 2. The summed E-state index contributed by atoms with van der Waals surface area (Å²) in [6.07, 6.45) is 15.9. The number of carbonyl (C=O) groups is 3. The molecule has 3 saturated heterocycles. The summed E-state index contributed by atoms with van der Waals surface area (Å²) in [4.78, 5) is 44.1. The number of anilines is 1. The molecule has 6 rings (SSSR count). The molecule has 0 saturated carbocycles. The van der Waals surface area contributed by atoms with Crippen LogP contribution in [0.2, 0.25) is 0 Å². The third kappa shape index (κ3) is 8.02. The third-order valence-corrected chi connectivity index (χ3v) is 8.78. The molecule has 1 aliphatic carbocycles. The van der Waals surface area contributed by atoms with E-state index in [1.807, 2.05) is 40.9 Å². The number of carboxylic acids is 1. The van der Waals surface area contributed by atoms with Gasteiger partial charge in [-0.05, 0) is 25.0 Å². The summed E-state index contributed by atoms with van der Waals surface area (Å²) in [7, 11) is 0. The molecule has 0 spiro atoms. The van der Waals surface area contributed by atoms with Crippen LogP contribution in [0.5, 0.6) is 0 Å². The van der Waals surface area contributed by atoms with Gasteiger partial charge in [0, 0.05) is 74.2 Å². The summed E-state index contributed by atoms with van der Waals surface area (Å²) in [6, 6.07) is 9.59. The SMILES string of the molecule is O=C1N[C@H]2[C@H](CS[C@H]2CCCCC(=O)N2CCN(c3cc(C(=O)O)nc4ccccc34)CC2)N1.[C]1=[C][C-][C]=[C]1.[OH].[Ru]. The number of piperazine rings is 1. The van der Waals surface area contributed by atoms with Crippen LogP contribution in [-0.4, -0.2) is 87.6 Å². The number of aromatic carboxylic acids is 1. The minimum atomic E-state index is -1.04. The van der Waals surface area contributed by atoms with Crippen LogP contribution in [0.1, 0.15) is 36.2 Å². The molecule has 1 aromatic heterocycles. The Balaban J connectivity index is 0.000000599. The Morgan fingerprint density at radius 3 is 2.51 bits per heavy atom. The number of rotatable bonds is 7. The maximum Gasteiger partial charge on any atom is 0.354 e. The van der Waals surface area contributed by atoms with Crippen molar-refractivity contribution in [2.75, 3.05) is 36.8 Å². The first kappa shape index (κ1) is 32.4. The second-order valence-corrected chi connectivity index (χ2v) is 11.0. The molecule has 12 heteroatoms. The Morgan fingerprint density at radius 1 is 1.10 bits per heavy atom. The maximum atomic E-state index is 12.8. The predicted molar refractivity (Wildman–Crippen MR) is 150 cm³/mol. The molecule has 1 aromatic carbocycles. The first-order chi connectivity index (χ1) is 19.0. The van der Waals surface area contributed by atoms with E-state index in [9.17, 15) is 19.5 Å². The van der Waals surface area contributed by atoms with E-state index in [2.05, 4.69) is 51.2 Å². The van der Waals surface area contributed by atoms with Crippen LogP contribution in [-0.2, 0) is 24.3 Å². The fourth-order valence-electron chi connectivity index (χ4n) is 5.30. The fourth-order valence-corrected chi connectivity index (χ4v) is 6.85. The summed E-state index contributed by atoms with van der Waals surface area (Å²) in [6.45, 7) is 2.57. The number of nitrogens with zero attached hydrogens (tertiary/aromatic N) is 3. The number of thioether (sulfide) groups is 1. The number of carboxylic acid groups (broad SMARTS) is 1. The number of aromatic nitrogens is 1. The van der Waals surface area contributed by atoms with Gasteiger partial charge in [0.25, 0.3) is 0 Å². The van der Waals surface area contributed by atoms with Crippen molar-refractivity contribution in [2.24, 2.45) is 0 Å². The molecule has 10 nitrogen and oxygen atoms in total. The molecule has 41 heavy (non-hydrogen) atoms. The number of pyridine rings is 1. The Hall–Kier alpha value is -3.08. The van der Waals surface area contributed by atoms with Gasteiger partial charge >= 0.3 is 12.0 Å². The average Bonchev–Trinajstić information content (AvgIpc) is 3.72. The van der Waals surface area contributed by atoms with Gasteiger partial charge in [-0.25, -0.2) is 26.7 Å². The molecular weight excluding hydrogens is 631 g/mol. The molecule has 216 valence electrons. The van der Waals surface area contributed by atoms with Crippen LogP contribution in [0.4, 0.5) is 10.5 Å². The Labute approximate surface area is 257 Å².